The van der Waals surface area contributed by atoms with Crippen molar-refractivity contribution in [3.63, 3.8) is 0 Å². The zero-order chi connectivity index (χ0) is 15.4. The number of likely N-dealkylation sites (tertiary alicyclic amines) is 2. The highest BCUT2D eigenvalue weighted by Crippen LogP contribution is 2.16. The summed E-state index contributed by atoms with van der Waals surface area (Å²) in [5.74, 6) is 0. The van der Waals surface area contributed by atoms with Gasteiger partial charge in [-0.15, -0.1) is 0 Å². The number of nitrogens with one attached hydrogen (secondary N) is 1. The first-order valence-corrected chi connectivity index (χ1v) is 8.54. The molecule has 1 aromatic rings. The third-order valence-corrected chi connectivity index (χ3v) is 4.80. The van der Waals surface area contributed by atoms with Gasteiger partial charge in [-0.3, -0.25) is 4.90 Å². The van der Waals surface area contributed by atoms with Crippen molar-refractivity contribution >= 4 is 6.03 Å². The van der Waals surface area contributed by atoms with Crippen molar-refractivity contribution in [2.24, 2.45) is 0 Å². The second-order valence-corrected chi connectivity index (χ2v) is 6.68. The van der Waals surface area contributed by atoms with Gasteiger partial charge in [0.1, 0.15) is 0 Å². The number of carbonyl (C=O) groups excluding carboxylic acids is 1. The van der Waals surface area contributed by atoms with Crippen LogP contribution in [-0.4, -0.2) is 48.1 Å². The maximum atomic E-state index is 12.1. The van der Waals surface area contributed by atoms with Crippen LogP contribution in [0.4, 0.5) is 4.79 Å². The topological polar surface area (TPSA) is 35.6 Å². The number of carbonyl (C=O) groups is 1. The number of rotatable bonds is 3. The van der Waals surface area contributed by atoms with Gasteiger partial charge in [-0.1, -0.05) is 29.8 Å². The lowest BCUT2D eigenvalue weighted by Gasteiger charge is -2.33. The lowest BCUT2D eigenvalue weighted by atomic mass is 10.0. The molecule has 0 radical (unpaired) electrons. The number of piperidine rings is 1. The Hall–Kier alpha value is -1.55. The van der Waals surface area contributed by atoms with Crippen LogP contribution in [0.2, 0.25) is 0 Å². The molecular formula is C18H27N3O. The number of hydrogen-bond donors (Lipinski definition) is 1. The molecule has 4 heteroatoms. The largest absolute Gasteiger partial charge is 0.335 e. The third kappa shape index (κ3) is 4.01. The van der Waals surface area contributed by atoms with E-state index in [9.17, 15) is 4.79 Å². The van der Waals surface area contributed by atoms with Gasteiger partial charge in [0.25, 0.3) is 0 Å². The molecule has 0 aromatic heterocycles. The molecule has 0 bridgehead atoms. The summed E-state index contributed by atoms with van der Waals surface area (Å²) in [6.45, 7) is 7.16. The standard InChI is InChI=1S/C18H27N3O/c1-15-5-4-6-16(13-15)14-20-11-7-17(8-12-20)19-18(22)21-9-2-3-10-21/h4-6,13,17H,2-3,7-12,14H2,1H3,(H,19,22). The molecule has 22 heavy (non-hydrogen) atoms. The molecule has 3 rings (SSSR count). The average Bonchev–Trinajstić information content (AvgIpc) is 3.04. The molecule has 120 valence electrons. The zero-order valence-corrected chi connectivity index (χ0v) is 13.6. The number of hydrogen-bond acceptors (Lipinski definition) is 2. The van der Waals surface area contributed by atoms with Crippen LogP contribution in [0.15, 0.2) is 24.3 Å². The number of nitrogens with zero attached hydrogens (tertiary/aromatic N) is 2. The van der Waals surface area contributed by atoms with Crippen LogP contribution in [-0.2, 0) is 6.54 Å². The van der Waals surface area contributed by atoms with Crippen molar-refractivity contribution in [1.82, 2.24) is 15.1 Å². The van der Waals surface area contributed by atoms with Crippen LogP contribution in [0, 0.1) is 6.92 Å². The lowest BCUT2D eigenvalue weighted by Crippen LogP contribution is -2.48. The Labute approximate surface area is 133 Å². The molecule has 2 fully saturated rings. The second kappa shape index (κ2) is 7.14. The number of amides is 2. The van der Waals surface area contributed by atoms with Crippen LogP contribution in [0.25, 0.3) is 0 Å². The van der Waals surface area contributed by atoms with E-state index < -0.39 is 0 Å². The van der Waals surface area contributed by atoms with Gasteiger partial charge in [-0.05, 0) is 38.2 Å². The fraction of sp³-hybridized carbons (Fsp3) is 0.611. The molecule has 2 saturated heterocycles. The SMILES string of the molecule is Cc1cccc(CN2CCC(NC(=O)N3CCCC3)CC2)c1. The molecule has 2 aliphatic rings. The Kier molecular flexibility index (Phi) is 4.98. The van der Waals surface area contributed by atoms with Gasteiger partial charge >= 0.3 is 6.03 Å². The van der Waals surface area contributed by atoms with Gasteiger partial charge in [-0.2, -0.15) is 0 Å². The van der Waals surface area contributed by atoms with Crippen molar-refractivity contribution in [3.05, 3.63) is 35.4 Å². The van der Waals surface area contributed by atoms with Crippen LogP contribution in [0.1, 0.15) is 36.8 Å². The summed E-state index contributed by atoms with van der Waals surface area (Å²) < 4.78 is 0. The lowest BCUT2D eigenvalue weighted by molar-refractivity contribution is 0.174. The van der Waals surface area contributed by atoms with E-state index in [1.165, 1.54) is 11.1 Å². The number of aryl methyl sites for hydroxylation is 1. The summed E-state index contributed by atoms with van der Waals surface area (Å²) in [5, 5.41) is 3.21. The van der Waals surface area contributed by atoms with Crippen LogP contribution < -0.4 is 5.32 Å². The van der Waals surface area contributed by atoms with E-state index in [2.05, 4.69) is 41.4 Å². The van der Waals surface area contributed by atoms with E-state index in [0.29, 0.717) is 6.04 Å². The summed E-state index contributed by atoms with van der Waals surface area (Å²) in [7, 11) is 0. The van der Waals surface area contributed by atoms with E-state index in [1.807, 2.05) is 4.90 Å². The quantitative estimate of drug-likeness (QED) is 0.932. The molecule has 0 unspecified atom stereocenters. The van der Waals surface area contributed by atoms with Gasteiger partial charge in [0, 0.05) is 38.8 Å². The van der Waals surface area contributed by atoms with E-state index >= 15 is 0 Å². The Morgan fingerprint density at radius 3 is 2.59 bits per heavy atom. The summed E-state index contributed by atoms with van der Waals surface area (Å²) in [5.41, 5.74) is 2.71. The third-order valence-electron chi connectivity index (χ3n) is 4.80. The fourth-order valence-corrected chi connectivity index (χ4v) is 3.49. The normalized spacial score (nSPS) is 20.3. The smallest absolute Gasteiger partial charge is 0.317 e. The molecule has 4 nitrogen and oxygen atoms in total. The van der Waals surface area contributed by atoms with Crippen LogP contribution in [0.3, 0.4) is 0 Å². The van der Waals surface area contributed by atoms with Crippen molar-refractivity contribution in [1.29, 1.82) is 0 Å². The van der Waals surface area contributed by atoms with Crippen molar-refractivity contribution in [3.8, 4) is 0 Å². The Balaban J connectivity index is 1.43. The maximum Gasteiger partial charge on any atom is 0.317 e. The first-order valence-electron chi connectivity index (χ1n) is 8.54. The first kappa shape index (κ1) is 15.3. The molecule has 0 atom stereocenters. The van der Waals surface area contributed by atoms with E-state index in [1.54, 1.807) is 0 Å². The molecular weight excluding hydrogens is 274 g/mol. The Morgan fingerprint density at radius 1 is 1.18 bits per heavy atom. The Bertz CT molecular complexity index is 503. The number of benzene rings is 1. The highest BCUT2D eigenvalue weighted by molar-refractivity contribution is 5.74. The molecule has 2 heterocycles. The van der Waals surface area contributed by atoms with E-state index in [-0.39, 0.29) is 6.03 Å². The van der Waals surface area contributed by atoms with E-state index in [0.717, 1.165) is 58.4 Å². The average molecular weight is 301 g/mol. The predicted octanol–water partition coefficient (Wildman–Crippen LogP) is 2.76. The van der Waals surface area contributed by atoms with Gasteiger partial charge < -0.3 is 10.2 Å². The van der Waals surface area contributed by atoms with Crippen LogP contribution >= 0.6 is 0 Å². The van der Waals surface area contributed by atoms with Crippen molar-refractivity contribution in [2.45, 2.75) is 45.2 Å². The Morgan fingerprint density at radius 2 is 1.91 bits per heavy atom. The molecule has 2 amide bonds. The minimum absolute atomic E-state index is 0.148. The second-order valence-electron chi connectivity index (χ2n) is 6.68. The summed E-state index contributed by atoms with van der Waals surface area (Å²) in [6.07, 6.45) is 4.43. The molecule has 0 spiro atoms. The predicted molar refractivity (Wildman–Crippen MR) is 88.8 cm³/mol. The molecule has 0 aliphatic carbocycles. The molecule has 2 aliphatic heterocycles. The first-order chi connectivity index (χ1) is 10.7. The summed E-state index contributed by atoms with van der Waals surface area (Å²) in [4.78, 5) is 16.6. The van der Waals surface area contributed by atoms with Crippen molar-refractivity contribution < 1.29 is 4.79 Å². The van der Waals surface area contributed by atoms with Gasteiger partial charge in [-0.25, -0.2) is 4.79 Å². The van der Waals surface area contributed by atoms with Gasteiger partial charge in [0.15, 0.2) is 0 Å². The summed E-state index contributed by atoms with van der Waals surface area (Å²) in [6, 6.07) is 9.24. The highest BCUT2D eigenvalue weighted by atomic mass is 16.2. The van der Waals surface area contributed by atoms with E-state index in [4.69, 9.17) is 0 Å². The minimum atomic E-state index is 0.148. The monoisotopic (exact) mass is 301 g/mol. The highest BCUT2D eigenvalue weighted by Gasteiger charge is 2.24. The minimum Gasteiger partial charge on any atom is -0.335 e. The molecule has 1 N–H and O–H groups in total. The molecule has 0 saturated carbocycles. The molecule has 1 aromatic carbocycles. The summed E-state index contributed by atoms with van der Waals surface area (Å²) >= 11 is 0. The fourth-order valence-electron chi connectivity index (χ4n) is 3.49. The van der Waals surface area contributed by atoms with Crippen molar-refractivity contribution in [2.75, 3.05) is 26.2 Å². The van der Waals surface area contributed by atoms with Crippen LogP contribution in [0.5, 0.6) is 0 Å². The van der Waals surface area contributed by atoms with Gasteiger partial charge in [0.05, 0.1) is 0 Å². The maximum absolute atomic E-state index is 12.1. The van der Waals surface area contributed by atoms with Gasteiger partial charge in [0.2, 0.25) is 0 Å². The number of urea groups is 1. The zero-order valence-electron chi connectivity index (χ0n) is 13.6.